The fourth-order valence-electron chi connectivity index (χ4n) is 18.1. The molecule has 12 atom stereocenters. The predicted octanol–water partition coefficient (Wildman–Crippen LogP) is 5.72. The number of ether oxygens (including phenoxy) is 2. The molecule has 5 saturated carbocycles. The normalized spacial score (nSPS) is 33.3. The first-order chi connectivity index (χ1) is 51.7. The first-order valence-corrected chi connectivity index (χ1v) is 40.2. The molecule has 9 aliphatic rings. The molecule has 31 heteroatoms. The van der Waals surface area contributed by atoms with E-state index in [1.807, 2.05) is 13.0 Å². The summed E-state index contributed by atoms with van der Waals surface area (Å²) < 4.78 is 84.7. The molecule has 0 aromatic carbocycles. The van der Waals surface area contributed by atoms with Crippen molar-refractivity contribution in [2.45, 2.75) is 267 Å². The van der Waals surface area contributed by atoms with Crippen LogP contribution in [0.4, 0.5) is 22.0 Å². The molecule has 4 aliphatic heterocycles. The van der Waals surface area contributed by atoms with Crippen molar-refractivity contribution in [2.24, 2.45) is 41.4 Å². The van der Waals surface area contributed by atoms with Crippen LogP contribution in [0.3, 0.4) is 0 Å². The van der Waals surface area contributed by atoms with Crippen LogP contribution in [0.2, 0.25) is 0 Å². The Balaban J connectivity index is 1.10. The molecule has 3 N–H and O–H groups in total. The van der Waals surface area contributed by atoms with E-state index in [-0.39, 0.29) is 109 Å². The quantitative estimate of drug-likeness (QED) is 0.147. The van der Waals surface area contributed by atoms with Gasteiger partial charge in [0.1, 0.15) is 72.1 Å². The van der Waals surface area contributed by atoms with Gasteiger partial charge in [-0.05, 0) is 126 Å². The molecule has 26 nitrogen and oxygen atoms in total. The Morgan fingerprint density at radius 1 is 0.633 bits per heavy atom. The summed E-state index contributed by atoms with van der Waals surface area (Å²) in [5, 5.41) is 8.69. The number of amides is 12. The summed E-state index contributed by atoms with van der Waals surface area (Å²) in [7, 11) is 8.53. The summed E-state index contributed by atoms with van der Waals surface area (Å²) in [5.41, 5.74) is -1.65. The molecule has 9 rings (SSSR count). The number of rotatable bonds is 13. The molecule has 612 valence electrons. The van der Waals surface area contributed by atoms with E-state index in [1.54, 1.807) is 19.9 Å². The molecule has 5 aliphatic carbocycles. The lowest BCUT2D eigenvalue weighted by molar-refractivity contribution is -0.219. The number of carbonyl (C=O) groups excluding carboxylic acids is 12. The van der Waals surface area contributed by atoms with Crippen LogP contribution in [0.15, 0.2) is 12.2 Å². The lowest BCUT2D eigenvalue weighted by atomic mass is 9.74. The molecule has 2 bridgehead atoms. The third kappa shape index (κ3) is 20.6. The SMILES string of the molecule is CCO[C@@H]1C[C@H]2C(=O)NC3(CCC3)C(=O)N(C)[C@@H](C3CCCC3)C(=O)N(C)[C@H](C(=O)N3CCOCC3)CC(=O)N(C)[C@@H](CC3CCC3)C(=O)N[C@@H]([C@@H](C)CC)C(=O)N(C)CC(=O)N(C)[C@H]3C/C=C\CCN(C3=O)[C@@H](CC3CCC(C)CC3)C(=O)N(C)CC(=O)N[C@@H](CCC3CC(F)C(C(F)(F)F)C(F)C3)C(=O)N2C1. The smallest absolute Gasteiger partial charge is 0.378 e. The van der Waals surface area contributed by atoms with Gasteiger partial charge in [-0.25, -0.2) is 8.78 Å². The fourth-order valence-corrected chi connectivity index (χ4v) is 18.1. The zero-order valence-electron chi connectivity index (χ0n) is 65.7. The van der Waals surface area contributed by atoms with Gasteiger partial charge in [0.05, 0.1) is 38.8 Å². The molecule has 12 amide bonds. The molecule has 0 aromatic rings. The van der Waals surface area contributed by atoms with E-state index in [9.17, 15) is 27.6 Å². The van der Waals surface area contributed by atoms with Crippen molar-refractivity contribution in [1.82, 2.24) is 60.0 Å². The summed E-state index contributed by atoms with van der Waals surface area (Å²) in [6.07, 6.45) is -0.596. The van der Waals surface area contributed by atoms with Gasteiger partial charge in [0.2, 0.25) is 70.9 Å². The summed E-state index contributed by atoms with van der Waals surface area (Å²) >= 11 is 0. The van der Waals surface area contributed by atoms with Crippen molar-refractivity contribution in [1.29, 1.82) is 0 Å². The van der Waals surface area contributed by atoms with Crippen LogP contribution in [-0.2, 0) is 67.0 Å². The maximum absolute atomic E-state index is 15.8. The highest BCUT2D eigenvalue weighted by Gasteiger charge is 2.56. The topological polar surface area (TPSA) is 289 Å². The molecule has 1 spiro atoms. The first-order valence-electron chi connectivity index (χ1n) is 40.2. The van der Waals surface area contributed by atoms with Crippen molar-refractivity contribution in [3.63, 3.8) is 0 Å². The second-order valence-corrected chi connectivity index (χ2v) is 33.1. The predicted molar refractivity (Wildman–Crippen MR) is 392 cm³/mol. The van der Waals surface area contributed by atoms with E-state index in [0.29, 0.717) is 50.9 Å². The highest BCUT2D eigenvalue weighted by molar-refractivity contribution is 6.01. The zero-order chi connectivity index (χ0) is 79.5. The second-order valence-electron chi connectivity index (χ2n) is 33.1. The van der Waals surface area contributed by atoms with Crippen LogP contribution < -0.4 is 16.0 Å². The van der Waals surface area contributed by atoms with Crippen molar-refractivity contribution in [2.75, 3.05) is 101 Å². The Hall–Kier alpha value is -7.05. The van der Waals surface area contributed by atoms with Gasteiger partial charge in [-0.15, -0.1) is 0 Å². The largest absolute Gasteiger partial charge is 0.397 e. The molecule has 3 saturated heterocycles. The minimum Gasteiger partial charge on any atom is -0.378 e. The molecule has 4 heterocycles. The number of hydrogen-bond donors (Lipinski definition) is 3. The monoisotopic (exact) mass is 1540 g/mol. The fraction of sp³-hybridized carbons (Fsp3) is 0.821. The second kappa shape index (κ2) is 38.0. The third-order valence-electron chi connectivity index (χ3n) is 25.7. The number of fused-ring (bicyclic) bond motifs is 3. The minimum absolute atomic E-state index is 0.0174. The van der Waals surface area contributed by atoms with Crippen molar-refractivity contribution < 1.29 is 89.0 Å². The number of nitrogens with one attached hydrogen (secondary N) is 3. The van der Waals surface area contributed by atoms with E-state index in [2.05, 4.69) is 22.9 Å². The van der Waals surface area contributed by atoms with Crippen LogP contribution in [0.25, 0.3) is 0 Å². The average Bonchev–Trinajstić information content (AvgIpc) is 1.75. The van der Waals surface area contributed by atoms with Crippen LogP contribution in [-0.4, -0.2) is 295 Å². The van der Waals surface area contributed by atoms with E-state index in [1.165, 1.54) is 81.5 Å². The van der Waals surface area contributed by atoms with Gasteiger partial charge < -0.3 is 69.5 Å². The van der Waals surface area contributed by atoms with Gasteiger partial charge in [-0.3, -0.25) is 57.5 Å². The van der Waals surface area contributed by atoms with Gasteiger partial charge in [0.25, 0.3) is 0 Å². The van der Waals surface area contributed by atoms with E-state index in [4.69, 9.17) is 9.47 Å². The highest BCUT2D eigenvalue weighted by Crippen LogP contribution is 2.45. The number of carbonyl (C=O) groups is 12. The lowest BCUT2D eigenvalue weighted by Crippen LogP contribution is -2.68. The van der Waals surface area contributed by atoms with Gasteiger partial charge in [0.15, 0.2) is 0 Å². The van der Waals surface area contributed by atoms with Gasteiger partial charge in [-0.1, -0.05) is 97.1 Å². The Bertz CT molecular complexity index is 3260. The number of likely N-dealkylation sites (N-methyl/N-ethyl adjacent to an activating group) is 6. The molecular weight excluding hydrogens is 1420 g/mol. The Morgan fingerprint density at radius 2 is 1.27 bits per heavy atom. The summed E-state index contributed by atoms with van der Waals surface area (Å²) in [6, 6.07) is -10.5. The van der Waals surface area contributed by atoms with Crippen LogP contribution in [0.5, 0.6) is 0 Å². The Labute approximate surface area is 639 Å². The number of alkyl halides is 5. The molecular formula is C78H121F5N12O14. The molecule has 0 aromatic heterocycles. The van der Waals surface area contributed by atoms with E-state index >= 15 is 51.9 Å². The molecule has 109 heavy (non-hydrogen) atoms. The summed E-state index contributed by atoms with van der Waals surface area (Å²) in [4.78, 5) is 195. The Morgan fingerprint density at radius 3 is 1.86 bits per heavy atom. The van der Waals surface area contributed by atoms with Gasteiger partial charge >= 0.3 is 6.18 Å². The van der Waals surface area contributed by atoms with Crippen molar-refractivity contribution >= 4 is 70.9 Å². The standard InChI is InChI=1S/C78H121F5N12O14/c1-11-48(4)66-74(105)88(6)46-64(98)89(7)57-24-14-13-17-33-94(73(57)104)61(41-50-27-25-47(3)26-28-50)71(102)87(5)45-62(96)84-56(30-29-51-38-54(79)65(55(80)39-51)78(81,82)83)70(101)95-44-53(109-12-2)42-59(95)69(100)86-77(31-19-32-77)76(107)92(10)67(52-22-15-16-23-52)75(106)91(9)60(72(103)93-34-36-108-37-35-93)43-63(97)90(8)58(68(99)85-66)40-49-20-18-21-49/h13-14,47-61,65-67H,11-12,15-46H2,1-10H3,(H,84,96)(H,85,99)(H,86,100)/b14-13-/t47?,48-,50?,51?,53+,54?,55?,56-,57-,58-,59-,60-,61-,65?,66-,67-/m0/s1. The average molecular weight is 1550 g/mol. The highest BCUT2D eigenvalue weighted by atomic mass is 19.4. The van der Waals surface area contributed by atoms with Crippen molar-refractivity contribution in [3.8, 4) is 0 Å². The van der Waals surface area contributed by atoms with Gasteiger partial charge in [-0.2, -0.15) is 13.2 Å². The van der Waals surface area contributed by atoms with Crippen molar-refractivity contribution in [3.05, 3.63) is 12.2 Å². The maximum atomic E-state index is 15.8. The van der Waals surface area contributed by atoms with Gasteiger partial charge in [0, 0.05) is 81.5 Å². The zero-order valence-corrected chi connectivity index (χ0v) is 65.7. The minimum atomic E-state index is -5.17. The molecule has 8 fully saturated rings. The summed E-state index contributed by atoms with van der Waals surface area (Å²) in [6.45, 7) is 6.73. The number of nitrogens with zero attached hydrogens (tertiary/aromatic N) is 9. The Kier molecular flexibility index (Phi) is 29.9. The summed E-state index contributed by atoms with van der Waals surface area (Å²) in [5.74, 6) is -12.8. The van der Waals surface area contributed by atoms with Crippen LogP contribution in [0.1, 0.15) is 188 Å². The lowest BCUT2D eigenvalue weighted by Gasteiger charge is -2.47. The number of morpholine rings is 1. The molecule has 0 radical (unpaired) electrons. The van der Waals surface area contributed by atoms with Crippen LogP contribution >= 0.6 is 0 Å². The van der Waals surface area contributed by atoms with E-state index in [0.717, 1.165) is 49.8 Å². The number of halogens is 5. The third-order valence-corrected chi connectivity index (χ3v) is 25.7. The maximum Gasteiger partial charge on any atom is 0.397 e. The molecule has 2 unspecified atom stereocenters. The first kappa shape index (κ1) is 85.9. The number of hydrogen-bond acceptors (Lipinski definition) is 14. The van der Waals surface area contributed by atoms with E-state index < -0.39 is 205 Å². The van der Waals surface area contributed by atoms with Crippen LogP contribution in [0, 0.1) is 41.4 Å².